The Balaban J connectivity index is 1.22. The van der Waals surface area contributed by atoms with E-state index < -0.39 is 0 Å². The minimum absolute atomic E-state index is 0.116. The lowest BCUT2D eigenvalue weighted by Crippen LogP contribution is -2.48. The third-order valence-corrected chi connectivity index (χ3v) is 6.10. The molecule has 1 aromatic rings. The molecular formula is C23H36N4O2. The van der Waals surface area contributed by atoms with Crippen LogP contribution in [-0.4, -0.2) is 49.1 Å². The van der Waals surface area contributed by atoms with Crippen molar-refractivity contribution in [2.24, 2.45) is 5.92 Å². The van der Waals surface area contributed by atoms with Gasteiger partial charge in [0.25, 0.3) is 0 Å². The second kappa shape index (κ2) is 11.8. The Bertz CT molecular complexity index is 623. The number of nitrogens with one attached hydrogen (secondary N) is 3. The maximum Gasteiger partial charge on any atom is 0.315 e. The number of hydrogen-bond donors (Lipinski definition) is 3. The van der Waals surface area contributed by atoms with Crippen LogP contribution in [0, 0.1) is 5.92 Å². The monoisotopic (exact) mass is 400 g/mol. The van der Waals surface area contributed by atoms with E-state index in [0.29, 0.717) is 25.4 Å². The molecule has 3 rings (SSSR count). The highest BCUT2D eigenvalue weighted by Crippen LogP contribution is 2.25. The van der Waals surface area contributed by atoms with Gasteiger partial charge in [-0.25, -0.2) is 4.79 Å². The van der Waals surface area contributed by atoms with E-state index >= 15 is 0 Å². The van der Waals surface area contributed by atoms with Gasteiger partial charge >= 0.3 is 6.03 Å². The number of carbonyl (C=O) groups excluding carboxylic acids is 2. The average molecular weight is 401 g/mol. The van der Waals surface area contributed by atoms with Crippen molar-refractivity contribution in [2.45, 2.75) is 64.0 Å². The van der Waals surface area contributed by atoms with Gasteiger partial charge < -0.3 is 16.0 Å². The summed E-state index contributed by atoms with van der Waals surface area (Å²) in [7, 11) is 0. The minimum atomic E-state index is -0.131. The summed E-state index contributed by atoms with van der Waals surface area (Å²) in [5.41, 5.74) is 1.34. The molecule has 1 aliphatic heterocycles. The maximum atomic E-state index is 12.1. The maximum absolute atomic E-state index is 12.1. The summed E-state index contributed by atoms with van der Waals surface area (Å²) in [5.74, 6) is 0.665. The van der Waals surface area contributed by atoms with Gasteiger partial charge in [-0.05, 0) is 37.2 Å². The molecule has 1 saturated heterocycles. The van der Waals surface area contributed by atoms with E-state index in [1.807, 2.05) is 6.07 Å². The van der Waals surface area contributed by atoms with Crippen molar-refractivity contribution in [3.05, 3.63) is 35.9 Å². The molecule has 0 radical (unpaired) electrons. The Morgan fingerprint density at radius 1 is 0.897 bits per heavy atom. The predicted molar refractivity (Wildman–Crippen MR) is 115 cm³/mol. The van der Waals surface area contributed by atoms with Gasteiger partial charge in [0.1, 0.15) is 0 Å². The van der Waals surface area contributed by atoms with Gasteiger partial charge in [-0.1, -0.05) is 49.6 Å². The quantitative estimate of drug-likeness (QED) is 0.587. The zero-order valence-corrected chi connectivity index (χ0v) is 17.5. The highest BCUT2D eigenvalue weighted by atomic mass is 16.2. The van der Waals surface area contributed by atoms with Gasteiger partial charge in [0.2, 0.25) is 5.91 Å². The normalized spacial score (nSPS) is 18.9. The van der Waals surface area contributed by atoms with Crippen LogP contribution in [0.3, 0.4) is 0 Å². The largest absolute Gasteiger partial charge is 0.354 e. The summed E-state index contributed by atoms with van der Waals surface area (Å²) in [4.78, 5) is 26.5. The molecule has 1 heterocycles. The predicted octanol–water partition coefficient (Wildman–Crippen LogP) is 3.04. The summed E-state index contributed by atoms with van der Waals surface area (Å²) in [6.45, 7) is 3.93. The molecule has 6 nitrogen and oxygen atoms in total. The minimum Gasteiger partial charge on any atom is -0.354 e. The fourth-order valence-corrected chi connectivity index (χ4v) is 4.42. The number of urea groups is 1. The van der Waals surface area contributed by atoms with E-state index in [1.54, 1.807) is 0 Å². The molecule has 0 atom stereocenters. The van der Waals surface area contributed by atoms with Gasteiger partial charge in [-0.2, -0.15) is 0 Å². The number of amides is 3. The number of carbonyl (C=O) groups is 2. The number of hydrogen-bond acceptors (Lipinski definition) is 3. The van der Waals surface area contributed by atoms with Crippen LogP contribution in [0.5, 0.6) is 0 Å². The Kier molecular flexibility index (Phi) is 8.81. The number of piperidine rings is 1. The van der Waals surface area contributed by atoms with E-state index in [0.717, 1.165) is 32.5 Å². The van der Waals surface area contributed by atoms with Crippen molar-refractivity contribution in [1.82, 2.24) is 20.9 Å². The third kappa shape index (κ3) is 8.05. The second-order valence-corrected chi connectivity index (χ2v) is 8.49. The smallest absolute Gasteiger partial charge is 0.315 e. The first-order valence-electron chi connectivity index (χ1n) is 11.3. The fourth-order valence-electron chi connectivity index (χ4n) is 4.42. The molecule has 6 heteroatoms. The molecule has 1 aliphatic carbocycles. The van der Waals surface area contributed by atoms with Crippen molar-refractivity contribution >= 4 is 11.9 Å². The molecule has 0 spiro atoms. The summed E-state index contributed by atoms with van der Waals surface area (Å²) in [6, 6.07) is 10.6. The first-order chi connectivity index (χ1) is 14.2. The SMILES string of the molecule is O=C(CC1CCCCC1)NCCNC(=O)NC1CCN(Cc2ccccc2)CC1. The van der Waals surface area contributed by atoms with Gasteiger partial charge in [-0.3, -0.25) is 9.69 Å². The lowest BCUT2D eigenvalue weighted by molar-refractivity contribution is -0.122. The standard InChI is InChI=1S/C23H36N4O2/c28-22(17-19-7-3-1-4-8-19)24-13-14-25-23(29)26-21-11-15-27(16-12-21)18-20-9-5-2-6-10-20/h2,5-6,9-10,19,21H,1,3-4,7-8,11-18H2,(H,24,28)(H2,25,26,29). The van der Waals surface area contributed by atoms with Crippen LogP contribution in [-0.2, 0) is 11.3 Å². The first kappa shape index (κ1) is 21.6. The highest BCUT2D eigenvalue weighted by molar-refractivity contribution is 5.76. The number of benzene rings is 1. The highest BCUT2D eigenvalue weighted by Gasteiger charge is 2.20. The zero-order valence-electron chi connectivity index (χ0n) is 17.5. The molecule has 160 valence electrons. The molecule has 0 aromatic heterocycles. The second-order valence-electron chi connectivity index (χ2n) is 8.49. The summed E-state index contributed by atoms with van der Waals surface area (Å²) < 4.78 is 0. The van der Waals surface area contributed by atoms with Crippen LogP contribution < -0.4 is 16.0 Å². The summed E-state index contributed by atoms with van der Waals surface area (Å²) >= 11 is 0. The lowest BCUT2D eigenvalue weighted by atomic mass is 9.87. The van der Waals surface area contributed by atoms with Crippen LogP contribution in [0.15, 0.2) is 30.3 Å². The fraction of sp³-hybridized carbons (Fsp3) is 0.652. The van der Waals surface area contributed by atoms with Crippen molar-refractivity contribution in [1.29, 1.82) is 0 Å². The van der Waals surface area contributed by atoms with Crippen molar-refractivity contribution in [3.63, 3.8) is 0 Å². The Hall–Kier alpha value is -2.08. The summed E-state index contributed by atoms with van der Waals surface area (Å²) in [5, 5.41) is 8.86. The number of nitrogens with zero attached hydrogens (tertiary/aromatic N) is 1. The van der Waals surface area contributed by atoms with Gasteiger partial charge in [-0.15, -0.1) is 0 Å². The topological polar surface area (TPSA) is 73.5 Å². The van der Waals surface area contributed by atoms with Crippen molar-refractivity contribution < 1.29 is 9.59 Å². The van der Waals surface area contributed by atoms with E-state index in [2.05, 4.69) is 45.1 Å². The van der Waals surface area contributed by atoms with Crippen molar-refractivity contribution in [2.75, 3.05) is 26.2 Å². The number of likely N-dealkylation sites (tertiary alicyclic amines) is 1. The molecule has 3 N–H and O–H groups in total. The molecule has 0 bridgehead atoms. The molecule has 2 fully saturated rings. The van der Waals surface area contributed by atoms with Gasteiger partial charge in [0, 0.05) is 45.2 Å². The molecule has 1 saturated carbocycles. The van der Waals surface area contributed by atoms with Gasteiger partial charge in [0.05, 0.1) is 0 Å². The van der Waals surface area contributed by atoms with Crippen LogP contribution in [0.1, 0.15) is 56.9 Å². The van der Waals surface area contributed by atoms with Gasteiger partial charge in [0.15, 0.2) is 0 Å². The van der Waals surface area contributed by atoms with E-state index in [-0.39, 0.29) is 18.0 Å². The van der Waals surface area contributed by atoms with Crippen LogP contribution in [0.2, 0.25) is 0 Å². The van der Waals surface area contributed by atoms with E-state index in [9.17, 15) is 9.59 Å². The van der Waals surface area contributed by atoms with Crippen LogP contribution in [0.4, 0.5) is 4.79 Å². The molecule has 0 unspecified atom stereocenters. The Labute approximate surface area is 174 Å². The number of rotatable bonds is 8. The first-order valence-corrected chi connectivity index (χ1v) is 11.3. The molecule has 3 amide bonds. The van der Waals surface area contributed by atoms with Crippen molar-refractivity contribution in [3.8, 4) is 0 Å². The van der Waals surface area contributed by atoms with E-state index in [4.69, 9.17) is 0 Å². The molecule has 1 aromatic carbocycles. The van der Waals surface area contributed by atoms with Crippen LogP contribution >= 0.6 is 0 Å². The zero-order chi connectivity index (χ0) is 20.3. The van der Waals surface area contributed by atoms with Crippen LogP contribution in [0.25, 0.3) is 0 Å². The molecule has 29 heavy (non-hydrogen) atoms. The average Bonchev–Trinajstić information content (AvgIpc) is 2.74. The lowest BCUT2D eigenvalue weighted by Gasteiger charge is -2.32. The third-order valence-electron chi connectivity index (χ3n) is 6.10. The summed E-state index contributed by atoms with van der Waals surface area (Å²) in [6.07, 6.45) is 8.75. The van der Waals surface area contributed by atoms with E-state index in [1.165, 1.54) is 37.7 Å². The Morgan fingerprint density at radius 3 is 2.31 bits per heavy atom. The Morgan fingerprint density at radius 2 is 1.59 bits per heavy atom. The molecular weight excluding hydrogens is 364 g/mol. The molecule has 2 aliphatic rings.